The molecule has 108 valence electrons. The van der Waals surface area contributed by atoms with E-state index in [2.05, 4.69) is 17.4 Å². The number of likely N-dealkylation sites (tertiary alicyclic amines) is 1. The third-order valence-corrected chi connectivity index (χ3v) is 3.10. The highest BCUT2D eigenvalue weighted by molar-refractivity contribution is 7.80. The van der Waals surface area contributed by atoms with Gasteiger partial charge in [-0.1, -0.05) is 0 Å². The fourth-order valence-corrected chi connectivity index (χ4v) is 1.99. The predicted molar refractivity (Wildman–Crippen MR) is 64.4 cm³/mol. The molecule has 0 radical (unpaired) electrons. The molecule has 0 aromatic carbocycles. The van der Waals surface area contributed by atoms with Gasteiger partial charge in [-0.15, -0.1) is 0 Å². The second-order valence-electron chi connectivity index (χ2n) is 4.04. The number of esters is 1. The molecule has 1 unspecified atom stereocenters. The van der Waals surface area contributed by atoms with Gasteiger partial charge in [0.2, 0.25) is 5.91 Å². The van der Waals surface area contributed by atoms with Gasteiger partial charge in [0.25, 0.3) is 0 Å². The van der Waals surface area contributed by atoms with Gasteiger partial charge in [0.15, 0.2) is 0 Å². The zero-order valence-electron chi connectivity index (χ0n) is 10.2. The van der Waals surface area contributed by atoms with Crippen molar-refractivity contribution in [2.75, 3.05) is 18.9 Å². The van der Waals surface area contributed by atoms with E-state index < -0.39 is 23.7 Å². The molecule has 1 aliphatic rings. The van der Waals surface area contributed by atoms with Crippen molar-refractivity contribution in [2.45, 2.75) is 19.5 Å². The highest BCUT2D eigenvalue weighted by Gasteiger charge is 2.44. The van der Waals surface area contributed by atoms with Crippen molar-refractivity contribution in [3.8, 4) is 0 Å². The van der Waals surface area contributed by atoms with Crippen molar-refractivity contribution in [1.82, 2.24) is 4.90 Å². The van der Waals surface area contributed by atoms with Crippen LogP contribution in [0.3, 0.4) is 0 Å². The first-order chi connectivity index (χ1) is 8.79. The monoisotopic (exact) mass is 297 g/mol. The SMILES string of the molecule is CCOC(=O)C=C(N1CC(CS)CC1=O)C(F)(F)F. The van der Waals surface area contributed by atoms with Crippen LogP contribution in [0.25, 0.3) is 0 Å². The minimum atomic E-state index is -4.78. The fourth-order valence-electron chi connectivity index (χ4n) is 1.75. The number of thiol groups is 1. The van der Waals surface area contributed by atoms with Crippen molar-refractivity contribution in [3.05, 3.63) is 11.8 Å². The summed E-state index contributed by atoms with van der Waals surface area (Å²) in [6.45, 7) is 1.36. The van der Waals surface area contributed by atoms with Crippen molar-refractivity contribution < 1.29 is 27.5 Å². The lowest BCUT2D eigenvalue weighted by molar-refractivity contribution is -0.142. The molecule has 1 rings (SSSR count). The lowest BCUT2D eigenvalue weighted by Gasteiger charge is -2.22. The van der Waals surface area contributed by atoms with Gasteiger partial charge in [0.1, 0.15) is 5.70 Å². The van der Waals surface area contributed by atoms with Crippen molar-refractivity contribution >= 4 is 24.5 Å². The van der Waals surface area contributed by atoms with Crippen LogP contribution in [0.1, 0.15) is 13.3 Å². The Morgan fingerprint density at radius 3 is 2.63 bits per heavy atom. The zero-order chi connectivity index (χ0) is 14.6. The Kier molecular flexibility index (Phi) is 5.28. The Morgan fingerprint density at radius 2 is 2.21 bits per heavy atom. The van der Waals surface area contributed by atoms with Gasteiger partial charge in [-0.2, -0.15) is 25.8 Å². The molecule has 4 nitrogen and oxygen atoms in total. The van der Waals surface area contributed by atoms with Gasteiger partial charge in [-0.25, -0.2) is 4.79 Å². The summed E-state index contributed by atoms with van der Waals surface area (Å²) in [5, 5.41) is 0. The van der Waals surface area contributed by atoms with E-state index in [-0.39, 0.29) is 25.5 Å². The number of nitrogens with zero attached hydrogens (tertiary/aromatic N) is 1. The molecule has 1 amide bonds. The van der Waals surface area contributed by atoms with E-state index in [1.54, 1.807) is 0 Å². The first-order valence-electron chi connectivity index (χ1n) is 5.66. The Labute approximate surface area is 114 Å². The Hall–Kier alpha value is -1.18. The van der Waals surface area contributed by atoms with E-state index in [1.165, 1.54) is 6.92 Å². The van der Waals surface area contributed by atoms with E-state index in [0.717, 1.165) is 0 Å². The molecule has 0 aromatic rings. The van der Waals surface area contributed by atoms with Crippen LogP contribution in [0.5, 0.6) is 0 Å². The van der Waals surface area contributed by atoms with Gasteiger partial charge in [0.05, 0.1) is 12.7 Å². The number of hydrogen-bond donors (Lipinski definition) is 1. The normalized spacial score (nSPS) is 20.9. The summed E-state index contributed by atoms with van der Waals surface area (Å²) in [4.78, 5) is 23.3. The van der Waals surface area contributed by atoms with Crippen LogP contribution in [0.4, 0.5) is 13.2 Å². The van der Waals surface area contributed by atoms with Gasteiger partial charge >= 0.3 is 12.1 Å². The molecule has 0 N–H and O–H groups in total. The number of rotatable bonds is 4. The minimum absolute atomic E-state index is 0.000253. The van der Waals surface area contributed by atoms with Crippen LogP contribution in [0.2, 0.25) is 0 Å². The van der Waals surface area contributed by atoms with Gasteiger partial charge in [-0.3, -0.25) is 4.79 Å². The Bertz CT molecular complexity index is 395. The third-order valence-electron chi connectivity index (χ3n) is 2.59. The van der Waals surface area contributed by atoms with Gasteiger partial charge in [-0.05, 0) is 18.6 Å². The average molecular weight is 297 g/mol. The van der Waals surface area contributed by atoms with Crippen molar-refractivity contribution in [3.63, 3.8) is 0 Å². The fraction of sp³-hybridized carbons (Fsp3) is 0.636. The topological polar surface area (TPSA) is 46.6 Å². The molecule has 0 bridgehead atoms. The summed E-state index contributed by atoms with van der Waals surface area (Å²) >= 11 is 3.97. The van der Waals surface area contributed by atoms with Crippen LogP contribution < -0.4 is 0 Å². The molecule has 1 heterocycles. The van der Waals surface area contributed by atoms with Gasteiger partial charge < -0.3 is 9.64 Å². The van der Waals surface area contributed by atoms with Crippen molar-refractivity contribution in [1.29, 1.82) is 0 Å². The minimum Gasteiger partial charge on any atom is -0.463 e. The largest absolute Gasteiger partial charge is 0.463 e. The van der Waals surface area contributed by atoms with Crippen molar-refractivity contribution in [2.24, 2.45) is 5.92 Å². The van der Waals surface area contributed by atoms with E-state index >= 15 is 0 Å². The number of alkyl halides is 3. The quantitative estimate of drug-likeness (QED) is 0.489. The second-order valence-corrected chi connectivity index (χ2v) is 4.40. The average Bonchev–Trinajstić information content (AvgIpc) is 2.66. The Morgan fingerprint density at radius 1 is 1.58 bits per heavy atom. The van der Waals surface area contributed by atoms with Crippen LogP contribution in [0.15, 0.2) is 11.8 Å². The van der Waals surface area contributed by atoms with Crippen LogP contribution in [-0.2, 0) is 14.3 Å². The molecule has 0 saturated carbocycles. The van der Waals surface area contributed by atoms with E-state index in [9.17, 15) is 22.8 Å². The number of hydrogen-bond acceptors (Lipinski definition) is 4. The summed E-state index contributed by atoms with van der Waals surface area (Å²) in [6, 6.07) is 0. The lowest BCUT2D eigenvalue weighted by atomic mass is 10.1. The molecule has 1 atom stereocenters. The van der Waals surface area contributed by atoms with E-state index in [4.69, 9.17) is 0 Å². The highest BCUT2D eigenvalue weighted by atomic mass is 32.1. The lowest BCUT2D eigenvalue weighted by Crippen LogP contribution is -2.34. The summed E-state index contributed by atoms with van der Waals surface area (Å²) < 4.78 is 43.1. The molecule has 1 aliphatic heterocycles. The summed E-state index contributed by atoms with van der Waals surface area (Å²) in [5.74, 6) is -1.71. The number of ether oxygens (including phenoxy) is 1. The number of amides is 1. The first-order valence-corrected chi connectivity index (χ1v) is 6.29. The maximum Gasteiger partial charge on any atom is 0.431 e. The molecule has 1 saturated heterocycles. The number of allylic oxidation sites excluding steroid dienone is 1. The smallest absolute Gasteiger partial charge is 0.431 e. The van der Waals surface area contributed by atoms with Crippen LogP contribution >= 0.6 is 12.6 Å². The van der Waals surface area contributed by atoms with Gasteiger partial charge in [0, 0.05) is 13.0 Å². The zero-order valence-corrected chi connectivity index (χ0v) is 11.1. The third kappa shape index (κ3) is 4.15. The summed E-state index contributed by atoms with van der Waals surface area (Å²) in [5.41, 5.74) is -1.28. The molecule has 8 heteroatoms. The standard InChI is InChI=1S/C11H14F3NO3S/c1-2-18-10(17)4-8(11(12,13)14)15-5-7(6-19)3-9(15)16/h4,7,19H,2-3,5-6H2,1H3. The second kappa shape index (κ2) is 6.31. The number of halogens is 3. The van der Waals surface area contributed by atoms with E-state index in [1.807, 2.05) is 0 Å². The first kappa shape index (κ1) is 15.9. The summed E-state index contributed by atoms with van der Waals surface area (Å²) in [7, 11) is 0. The highest BCUT2D eigenvalue weighted by Crippen LogP contribution is 2.33. The maximum absolute atomic E-state index is 12.9. The molecular formula is C11H14F3NO3S. The number of carbonyl (C=O) groups is 2. The molecule has 1 fully saturated rings. The van der Waals surface area contributed by atoms with E-state index in [0.29, 0.717) is 16.7 Å². The maximum atomic E-state index is 12.9. The molecule has 0 aliphatic carbocycles. The predicted octanol–water partition coefficient (Wildman–Crippen LogP) is 1.77. The molecular weight excluding hydrogens is 283 g/mol. The summed E-state index contributed by atoms with van der Waals surface area (Å²) in [6.07, 6.45) is -4.46. The molecule has 0 aromatic heterocycles. The van der Waals surface area contributed by atoms with Crippen LogP contribution in [-0.4, -0.2) is 41.9 Å². The van der Waals surface area contributed by atoms with Crippen LogP contribution in [0, 0.1) is 5.92 Å². The number of carbonyl (C=O) groups excluding carboxylic acids is 2. The molecule has 19 heavy (non-hydrogen) atoms. The Balaban J connectivity index is 2.99. The molecule has 0 spiro atoms.